The zero-order valence-electron chi connectivity index (χ0n) is 14.5. The van der Waals surface area contributed by atoms with Gasteiger partial charge in [0.2, 0.25) is 5.75 Å². The van der Waals surface area contributed by atoms with E-state index < -0.39 is 0 Å². The van der Waals surface area contributed by atoms with Gasteiger partial charge < -0.3 is 18.9 Å². The molecule has 3 unspecified atom stereocenters. The van der Waals surface area contributed by atoms with Crippen molar-refractivity contribution in [3.8, 4) is 17.2 Å². The molecule has 1 fully saturated rings. The quantitative estimate of drug-likeness (QED) is 0.687. The van der Waals surface area contributed by atoms with E-state index in [-0.39, 0.29) is 11.9 Å². The molecule has 0 N–H and O–H groups in total. The number of benzene rings is 1. The van der Waals surface area contributed by atoms with Gasteiger partial charge >= 0.3 is 5.97 Å². The second kappa shape index (κ2) is 7.57. The van der Waals surface area contributed by atoms with Crippen molar-refractivity contribution < 1.29 is 23.7 Å². The number of rotatable bonds is 8. The zero-order valence-corrected chi connectivity index (χ0v) is 14.5. The number of carbonyl (C=O) groups is 1. The summed E-state index contributed by atoms with van der Waals surface area (Å²) in [5.74, 6) is 2.65. The van der Waals surface area contributed by atoms with Crippen molar-refractivity contribution in [1.29, 1.82) is 0 Å². The van der Waals surface area contributed by atoms with Gasteiger partial charge in [0.05, 0.1) is 34.4 Å². The second-order valence-corrected chi connectivity index (χ2v) is 5.89. The average molecular weight is 322 g/mol. The first kappa shape index (κ1) is 17.4. The fraction of sp³-hybridized carbons (Fsp3) is 0.611. The molecule has 23 heavy (non-hydrogen) atoms. The van der Waals surface area contributed by atoms with Crippen molar-refractivity contribution in [2.75, 3.05) is 28.4 Å². The van der Waals surface area contributed by atoms with Crippen molar-refractivity contribution in [2.45, 2.75) is 32.1 Å². The normalized spacial score (nSPS) is 20.6. The SMILES string of the molecule is CCC(CC1CC1C(=O)OC)c1ccc(OC)c(OC)c1OC. The van der Waals surface area contributed by atoms with Crippen LogP contribution in [0.3, 0.4) is 0 Å². The highest BCUT2D eigenvalue weighted by molar-refractivity contribution is 5.75. The Labute approximate surface area is 137 Å². The van der Waals surface area contributed by atoms with Crippen molar-refractivity contribution >= 4 is 5.97 Å². The first-order chi connectivity index (χ1) is 11.1. The molecular weight excluding hydrogens is 296 g/mol. The Hall–Kier alpha value is -1.91. The molecule has 128 valence electrons. The maximum Gasteiger partial charge on any atom is 0.308 e. The van der Waals surface area contributed by atoms with Crippen molar-refractivity contribution in [3.05, 3.63) is 17.7 Å². The smallest absolute Gasteiger partial charge is 0.308 e. The van der Waals surface area contributed by atoms with Crippen molar-refractivity contribution in [3.63, 3.8) is 0 Å². The van der Waals surface area contributed by atoms with Crippen LogP contribution in [0.15, 0.2) is 12.1 Å². The molecule has 1 saturated carbocycles. The lowest BCUT2D eigenvalue weighted by Gasteiger charge is -2.21. The summed E-state index contributed by atoms with van der Waals surface area (Å²) in [4.78, 5) is 11.6. The number of esters is 1. The number of hydrogen-bond donors (Lipinski definition) is 0. The molecule has 0 saturated heterocycles. The highest BCUT2D eigenvalue weighted by Crippen LogP contribution is 2.50. The Kier molecular flexibility index (Phi) is 5.74. The van der Waals surface area contributed by atoms with Crippen LogP contribution in [0.5, 0.6) is 17.2 Å². The number of methoxy groups -OCH3 is 4. The van der Waals surface area contributed by atoms with E-state index in [1.54, 1.807) is 21.3 Å². The van der Waals surface area contributed by atoms with Gasteiger partial charge in [-0.25, -0.2) is 0 Å². The van der Waals surface area contributed by atoms with E-state index in [4.69, 9.17) is 18.9 Å². The Morgan fingerprint density at radius 2 is 1.83 bits per heavy atom. The van der Waals surface area contributed by atoms with Crippen LogP contribution in [-0.2, 0) is 9.53 Å². The van der Waals surface area contributed by atoms with Crippen LogP contribution in [0.1, 0.15) is 37.7 Å². The summed E-state index contributed by atoms with van der Waals surface area (Å²) >= 11 is 0. The van der Waals surface area contributed by atoms with Crippen molar-refractivity contribution in [1.82, 2.24) is 0 Å². The van der Waals surface area contributed by atoms with Gasteiger partial charge in [-0.05, 0) is 37.2 Å². The molecule has 0 spiro atoms. The van der Waals surface area contributed by atoms with Gasteiger partial charge in [0.1, 0.15) is 0 Å². The fourth-order valence-corrected chi connectivity index (χ4v) is 3.27. The van der Waals surface area contributed by atoms with E-state index in [1.165, 1.54) is 7.11 Å². The van der Waals surface area contributed by atoms with Crippen LogP contribution in [0, 0.1) is 11.8 Å². The minimum absolute atomic E-state index is 0.0557. The molecule has 0 aliphatic heterocycles. The lowest BCUT2D eigenvalue weighted by molar-refractivity contribution is -0.142. The molecule has 3 atom stereocenters. The summed E-state index contributed by atoms with van der Waals surface area (Å²) in [5.41, 5.74) is 1.10. The third kappa shape index (κ3) is 3.54. The standard InChI is InChI=1S/C18H26O5/c1-6-11(9-12-10-14(12)18(19)23-5)13-7-8-15(20-2)17(22-4)16(13)21-3/h7-8,11-12,14H,6,9-10H2,1-5H3. The average Bonchev–Trinajstić information content (AvgIpc) is 3.36. The van der Waals surface area contributed by atoms with Gasteiger partial charge in [-0.1, -0.05) is 13.0 Å². The van der Waals surface area contributed by atoms with Gasteiger partial charge in [-0.2, -0.15) is 0 Å². The van der Waals surface area contributed by atoms with Crippen LogP contribution in [0.4, 0.5) is 0 Å². The van der Waals surface area contributed by atoms with Gasteiger partial charge in [-0.15, -0.1) is 0 Å². The molecule has 0 amide bonds. The Morgan fingerprint density at radius 1 is 1.13 bits per heavy atom. The van der Waals surface area contributed by atoms with E-state index in [1.807, 2.05) is 12.1 Å². The van der Waals surface area contributed by atoms with E-state index in [2.05, 4.69) is 6.92 Å². The van der Waals surface area contributed by atoms with Crippen LogP contribution in [0.2, 0.25) is 0 Å². The van der Waals surface area contributed by atoms with E-state index in [0.29, 0.717) is 29.1 Å². The molecule has 1 aromatic rings. The van der Waals surface area contributed by atoms with Crippen LogP contribution in [-0.4, -0.2) is 34.4 Å². The third-order valence-electron chi connectivity index (χ3n) is 4.68. The lowest BCUT2D eigenvalue weighted by Crippen LogP contribution is -2.08. The Balaban J connectivity index is 2.23. The molecule has 5 nitrogen and oxygen atoms in total. The summed E-state index contributed by atoms with van der Waals surface area (Å²) in [6.07, 6.45) is 2.83. The molecule has 0 bridgehead atoms. The lowest BCUT2D eigenvalue weighted by atomic mass is 9.89. The van der Waals surface area contributed by atoms with Gasteiger partial charge in [0.15, 0.2) is 11.5 Å². The fourth-order valence-electron chi connectivity index (χ4n) is 3.27. The third-order valence-corrected chi connectivity index (χ3v) is 4.68. The molecule has 1 aromatic carbocycles. The molecule has 0 heterocycles. The van der Waals surface area contributed by atoms with Crippen LogP contribution < -0.4 is 14.2 Å². The monoisotopic (exact) mass is 322 g/mol. The first-order valence-electron chi connectivity index (χ1n) is 7.97. The van der Waals surface area contributed by atoms with Gasteiger partial charge in [0, 0.05) is 5.56 Å². The summed E-state index contributed by atoms with van der Waals surface area (Å²) in [5, 5.41) is 0. The summed E-state index contributed by atoms with van der Waals surface area (Å²) < 4.78 is 21.2. The van der Waals surface area contributed by atoms with Crippen LogP contribution >= 0.6 is 0 Å². The predicted octanol–water partition coefficient (Wildman–Crippen LogP) is 3.41. The number of carbonyl (C=O) groups excluding carboxylic acids is 1. The molecule has 5 heteroatoms. The second-order valence-electron chi connectivity index (χ2n) is 5.89. The highest BCUT2D eigenvalue weighted by Gasteiger charge is 2.45. The predicted molar refractivity (Wildman–Crippen MR) is 87.4 cm³/mol. The summed E-state index contributed by atoms with van der Waals surface area (Å²) in [6, 6.07) is 3.94. The van der Waals surface area contributed by atoms with Gasteiger partial charge in [0.25, 0.3) is 0 Å². The van der Waals surface area contributed by atoms with E-state index >= 15 is 0 Å². The largest absolute Gasteiger partial charge is 0.493 e. The first-order valence-corrected chi connectivity index (χ1v) is 7.97. The maximum atomic E-state index is 11.6. The van der Waals surface area contributed by atoms with Crippen LogP contribution in [0.25, 0.3) is 0 Å². The summed E-state index contributed by atoms with van der Waals surface area (Å²) in [6.45, 7) is 2.15. The molecule has 2 rings (SSSR count). The highest BCUT2D eigenvalue weighted by atomic mass is 16.5. The summed E-state index contributed by atoms with van der Waals surface area (Å²) in [7, 11) is 6.31. The molecule has 0 radical (unpaired) electrons. The molecule has 1 aliphatic rings. The van der Waals surface area contributed by atoms with Crippen molar-refractivity contribution in [2.24, 2.45) is 11.8 Å². The Morgan fingerprint density at radius 3 is 2.35 bits per heavy atom. The molecule has 0 aromatic heterocycles. The Bertz CT molecular complexity index is 555. The molecule has 1 aliphatic carbocycles. The number of ether oxygens (including phenoxy) is 4. The molecular formula is C18H26O5. The minimum Gasteiger partial charge on any atom is -0.493 e. The van der Waals surface area contributed by atoms with E-state index in [9.17, 15) is 4.79 Å². The topological polar surface area (TPSA) is 54.0 Å². The minimum atomic E-state index is -0.0934. The maximum absolute atomic E-state index is 11.6. The zero-order chi connectivity index (χ0) is 17.0. The van der Waals surface area contributed by atoms with Gasteiger partial charge in [-0.3, -0.25) is 4.79 Å². The number of hydrogen-bond acceptors (Lipinski definition) is 5. The van der Waals surface area contributed by atoms with E-state index in [0.717, 1.165) is 24.8 Å².